The first-order valence-corrected chi connectivity index (χ1v) is 5.56. The van der Waals surface area contributed by atoms with E-state index in [1.165, 1.54) is 0 Å². The van der Waals surface area contributed by atoms with E-state index in [0.717, 1.165) is 24.6 Å². The Hall–Kier alpha value is -1.52. The SMILES string of the molecule is CN=C(NCCC(C)C)NCc1ccon1. The molecule has 90 valence electrons. The second-order valence-corrected chi connectivity index (χ2v) is 4.03. The number of hydrogen-bond acceptors (Lipinski definition) is 3. The lowest BCUT2D eigenvalue weighted by Gasteiger charge is -2.11. The molecule has 1 aromatic rings. The van der Waals surface area contributed by atoms with Gasteiger partial charge in [-0.15, -0.1) is 0 Å². The molecule has 5 heteroatoms. The quantitative estimate of drug-likeness (QED) is 0.586. The molecular weight excluding hydrogens is 204 g/mol. The molecular formula is C11H20N4O. The highest BCUT2D eigenvalue weighted by atomic mass is 16.5. The Morgan fingerprint density at radius 2 is 2.31 bits per heavy atom. The van der Waals surface area contributed by atoms with Crippen LogP contribution in [0.25, 0.3) is 0 Å². The van der Waals surface area contributed by atoms with Crippen LogP contribution in [0.3, 0.4) is 0 Å². The molecule has 16 heavy (non-hydrogen) atoms. The van der Waals surface area contributed by atoms with Crippen LogP contribution >= 0.6 is 0 Å². The van der Waals surface area contributed by atoms with E-state index in [1.807, 2.05) is 6.07 Å². The summed E-state index contributed by atoms with van der Waals surface area (Å²) in [5.74, 6) is 1.49. The van der Waals surface area contributed by atoms with Crippen molar-refractivity contribution in [2.24, 2.45) is 10.9 Å². The van der Waals surface area contributed by atoms with Gasteiger partial charge in [-0.3, -0.25) is 4.99 Å². The van der Waals surface area contributed by atoms with Crippen molar-refractivity contribution in [1.82, 2.24) is 15.8 Å². The van der Waals surface area contributed by atoms with Crippen molar-refractivity contribution >= 4 is 5.96 Å². The molecule has 5 nitrogen and oxygen atoms in total. The van der Waals surface area contributed by atoms with Gasteiger partial charge in [0.15, 0.2) is 5.96 Å². The molecule has 0 radical (unpaired) electrons. The summed E-state index contributed by atoms with van der Waals surface area (Å²) in [6, 6.07) is 1.83. The summed E-state index contributed by atoms with van der Waals surface area (Å²) in [6.45, 7) is 5.95. The molecule has 0 aromatic carbocycles. The Morgan fingerprint density at radius 3 is 2.88 bits per heavy atom. The maximum atomic E-state index is 4.74. The number of aromatic nitrogens is 1. The first-order chi connectivity index (χ1) is 7.72. The molecule has 0 saturated carbocycles. The zero-order valence-electron chi connectivity index (χ0n) is 10.2. The highest BCUT2D eigenvalue weighted by Crippen LogP contribution is 1.96. The van der Waals surface area contributed by atoms with E-state index >= 15 is 0 Å². The molecule has 0 unspecified atom stereocenters. The molecule has 0 aliphatic rings. The average Bonchev–Trinajstić information content (AvgIpc) is 2.75. The maximum absolute atomic E-state index is 4.74. The predicted molar refractivity (Wildman–Crippen MR) is 64.2 cm³/mol. The van der Waals surface area contributed by atoms with Gasteiger partial charge >= 0.3 is 0 Å². The number of rotatable bonds is 5. The number of aliphatic imine (C=N–C) groups is 1. The summed E-state index contributed by atoms with van der Waals surface area (Å²) in [6.07, 6.45) is 2.69. The van der Waals surface area contributed by atoms with Crippen LogP contribution in [0.15, 0.2) is 21.8 Å². The topological polar surface area (TPSA) is 62.5 Å². The van der Waals surface area contributed by atoms with E-state index < -0.39 is 0 Å². The van der Waals surface area contributed by atoms with Crippen LogP contribution in [0.4, 0.5) is 0 Å². The molecule has 0 spiro atoms. The highest BCUT2D eigenvalue weighted by Gasteiger charge is 2.00. The van der Waals surface area contributed by atoms with E-state index in [0.29, 0.717) is 12.5 Å². The van der Waals surface area contributed by atoms with Crippen molar-refractivity contribution in [1.29, 1.82) is 0 Å². The predicted octanol–water partition coefficient (Wildman–Crippen LogP) is 1.39. The van der Waals surface area contributed by atoms with Crippen LogP contribution in [-0.4, -0.2) is 24.7 Å². The lowest BCUT2D eigenvalue weighted by Crippen LogP contribution is -2.37. The molecule has 2 N–H and O–H groups in total. The largest absolute Gasteiger partial charge is 0.364 e. The van der Waals surface area contributed by atoms with E-state index in [-0.39, 0.29) is 0 Å². The van der Waals surface area contributed by atoms with E-state index in [9.17, 15) is 0 Å². The van der Waals surface area contributed by atoms with Gasteiger partial charge in [0.2, 0.25) is 0 Å². The first kappa shape index (κ1) is 12.5. The molecule has 0 aliphatic heterocycles. The zero-order chi connectivity index (χ0) is 11.8. The van der Waals surface area contributed by atoms with Crippen molar-refractivity contribution in [3.05, 3.63) is 18.0 Å². The summed E-state index contributed by atoms with van der Waals surface area (Å²) in [7, 11) is 1.76. The smallest absolute Gasteiger partial charge is 0.191 e. The monoisotopic (exact) mass is 224 g/mol. The van der Waals surface area contributed by atoms with Crippen molar-refractivity contribution in [2.45, 2.75) is 26.8 Å². The molecule has 0 saturated heterocycles. The summed E-state index contributed by atoms with van der Waals surface area (Å²) in [5.41, 5.74) is 0.867. The number of nitrogens with one attached hydrogen (secondary N) is 2. The van der Waals surface area contributed by atoms with Crippen molar-refractivity contribution in [3.63, 3.8) is 0 Å². The van der Waals surface area contributed by atoms with Gasteiger partial charge in [-0.1, -0.05) is 19.0 Å². The second-order valence-electron chi connectivity index (χ2n) is 4.03. The van der Waals surface area contributed by atoms with Crippen LogP contribution in [0.5, 0.6) is 0 Å². The fourth-order valence-corrected chi connectivity index (χ4v) is 1.20. The van der Waals surface area contributed by atoms with Gasteiger partial charge in [0.1, 0.15) is 12.0 Å². The Kier molecular flexibility index (Phi) is 5.39. The molecule has 1 rings (SSSR count). The number of guanidine groups is 1. The van der Waals surface area contributed by atoms with Gasteiger partial charge in [-0.25, -0.2) is 0 Å². The Bertz CT molecular complexity index is 306. The zero-order valence-corrected chi connectivity index (χ0v) is 10.2. The third-order valence-corrected chi connectivity index (χ3v) is 2.17. The number of nitrogens with zero attached hydrogens (tertiary/aromatic N) is 2. The van der Waals surface area contributed by atoms with Crippen LogP contribution in [0.2, 0.25) is 0 Å². The highest BCUT2D eigenvalue weighted by molar-refractivity contribution is 5.79. The summed E-state index contributed by atoms with van der Waals surface area (Å²) in [5, 5.41) is 10.2. The molecule has 0 bridgehead atoms. The van der Waals surface area contributed by atoms with E-state index in [2.05, 4.69) is 34.6 Å². The molecule has 1 aromatic heterocycles. The molecule has 0 fully saturated rings. The summed E-state index contributed by atoms with van der Waals surface area (Å²) >= 11 is 0. The third kappa shape index (κ3) is 4.82. The lowest BCUT2D eigenvalue weighted by atomic mass is 10.1. The minimum absolute atomic E-state index is 0.623. The van der Waals surface area contributed by atoms with Crippen LogP contribution in [-0.2, 0) is 6.54 Å². The number of hydrogen-bond donors (Lipinski definition) is 2. The van der Waals surface area contributed by atoms with Gasteiger partial charge in [0.05, 0.1) is 6.54 Å². The fraction of sp³-hybridized carbons (Fsp3) is 0.636. The van der Waals surface area contributed by atoms with E-state index in [1.54, 1.807) is 13.3 Å². The molecule has 0 amide bonds. The Labute approximate surface area is 96.3 Å². The minimum Gasteiger partial charge on any atom is -0.364 e. The normalized spacial score (nSPS) is 11.9. The van der Waals surface area contributed by atoms with E-state index in [4.69, 9.17) is 4.52 Å². The van der Waals surface area contributed by atoms with Crippen molar-refractivity contribution in [2.75, 3.05) is 13.6 Å². The van der Waals surface area contributed by atoms with Gasteiger partial charge in [0.25, 0.3) is 0 Å². The van der Waals surface area contributed by atoms with Gasteiger partial charge in [-0.05, 0) is 12.3 Å². The first-order valence-electron chi connectivity index (χ1n) is 5.56. The Morgan fingerprint density at radius 1 is 1.50 bits per heavy atom. The van der Waals surface area contributed by atoms with Crippen molar-refractivity contribution in [3.8, 4) is 0 Å². The second kappa shape index (κ2) is 6.87. The summed E-state index contributed by atoms with van der Waals surface area (Å²) < 4.78 is 4.74. The lowest BCUT2D eigenvalue weighted by molar-refractivity contribution is 0.410. The fourth-order valence-electron chi connectivity index (χ4n) is 1.20. The van der Waals surface area contributed by atoms with Crippen molar-refractivity contribution < 1.29 is 4.52 Å². The average molecular weight is 224 g/mol. The summed E-state index contributed by atoms with van der Waals surface area (Å²) in [4.78, 5) is 4.12. The van der Waals surface area contributed by atoms with Gasteiger partial charge in [0, 0.05) is 19.7 Å². The molecule has 1 heterocycles. The minimum atomic E-state index is 0.623. The molecule has 0 aliphatic carbocycles. The maximum Gasteiger partial charge on any atom is 0.191 e. The Balaban J connectivity index is 2.22. The van der Waals surface area contributed by atoms with Crippen LogP contribution < -0.4 is 10.6 Å². The van der Waals surface area contributed by atoms with Crippen LogP contribution in [0.1, 0.15) is 26.0 Å². The standard InChI is InChI=1S/C11H20N4O/c1-9(2)4-6-13-11(12-3)14-8-10-5-7-16-15-10/h5,7,9H,4,6,8H2,1-3H3,(H2,12,13,14). The van der Waals surface area contributed by atoms with Crippen LogP contribution in [0, 0.1) is 5.92 Å². The van der Waals surface area contributed by atoms with Gasteiger partial charge < -0.3 is 15.2 Å². The van der Waals surface area contributed by atoms with Gasteiger partial charge in [-0.2, -0.15) is 0 Å². The molecule has 0 atom stereocenters. The third-order valence-electron chi connectivity index (χ3n) is 2.17.